The molecule has 4 rings (SSSR count). The number of nitrogens with zero attached hydrogens (tertiary/aromatic N) is 4. The quantitative estimate of drug-likeness (QED) is 0.673. The lowest BCUT2D eigenvalue weighted by Gasteiger charge is -2.36. The number of alkyl carbamates (subject to hydrolysis) is 1. The van der Waals surface area contributed by atoms with Gasteiger partial charge in [-0.2, -0.15) is 5.26 Å². The van der Waals surface area contributed by atoms with Gasteiger partial charge in [-0.15, -0.1) is 11.3 Å². The van der Waals surface area contributed by atoms with Gasteiger partial charge in [0, 0.05) is 13.1 Å². The van der Waals surface area contributed by atoms with Crippen LogP contribution in [0.5, 0.6) is 0 Å². The third-order valence-corrected chi connectivity index (χ3v) is 7.19. The zero-order valence-corrected chi connectivity index (χ0v) is 20.3. The summed E-state index contributed by atoms with van der Waals surface area (Å²) in [7, 11) is 0. The first-order valence-electron chi connectivity index (χ1n) is 11.4. The molecular formula is C23H29N5O5S. The number of fused-ring (bicyclic) bond motifs is 2. The third kappa shape index (κ3) is 4.73. The fourth-order valence-corrected chi connectivity index (χ4v) is 5.53. The summed E-state index contributed by atoms with van der Waals surface area (Å²) >= 11 is 1.34. The van der Waals surface area contributed by atoms with E-state index in [1.165, 1.54) is 16.2 Å². The maximum atomic E-state index is 13.3. The lowest BCUT2D eigenvalue weighted by molar-refractivity contribution is -0.139. The van der Waals surface area contributed by atoms with Crippen LogP contribution in [-0.4, -0.2) is 87.9 Å². The summed E-state index contributed by atoms with van der Waals surface area (Å²) in [6.45, 7) is 5.93. The van der Waals surface area contributed by atoms with Crippen molar-refractivity contribution in [2.24, 2.45) is 0 Å². The van der Waals surface area contributed by atoms with Gasteiger partial charge in [0.1, 0.15) is 23.7 Å². The Morgan fingerprint density at radius 1 is 1.32 bits per heavy atom. The van der Waals surface area contributed by atoms with E-state index in [4.69, 9.17) is 4.74 Å². The predicted molar refractivity (Wildman–Crippen MR) is 123 cm³/mol. The Kier molecular flexibility index (Phi) is 6.53. The molecular weight excluding hydrogens is 458 g/mol. The lowest BCUT2D eigenvalue weighted by atomic mass is 10.1. The van der Waals surface area contributed by atoms with Crippen LogP contribution in [0.3, 0.4) is 0 Å². The first-order valence-corrected chi connectivity index (χ1v) is 12.3. The second-order valence-electron chi connectivity index (χ2n) is 9.85. The average Bonchev–Trinajstić information content (AvgIpc) is 3.55. The molecule has 10 nitrogen and oxygen atoms in total. The molecule has 3 aliphatic rings. The van der Waals surface area contributed by atoms with Crippen LogP contribution in [0, 0.1) is 11.3 Å². The van der Waals surface area contributed by atoms with Crippen molar-refractivity contribution in [3.8, 4) is 6.07 Å². The van der Waals surface area contributed by atoms with Crippen LogP contribution in [0.4, 0.5) is 4.79 Å². The Bertz CT molecular complexity index is 1010. The minimum atomic E-state index is -1.05. The topological polar surface area (TPSA) is 123 Å². The van der Waals surface area contributed by atoms with Crippen molar-refractivity contribution in [3.63, 3.8) is 0 Å². The van der Waals surface area contributed by atoms with Crippen molar-refractivity contribution in [1.29, 1.82) is 5.26 Å². The number of rotatable bonds is 5. The number of hydrogen-bond donors (Lipinski definition) is 1. The largest absolute Gasteiger partial charge is 0.444 e. The average molecular weight is 488 g/mol. The van der Waals surface area contributed by atoms with E-state index >= 15 is 0 Å². The van der Waals surface area contributed by atoms with Gasteiger partial charge < -0.3 is 24.8 Å². The molecule has 34 heavy (non-hydrogen) atoms. The molecule has 182 valence electrons. The minimum Gasteiger partial charge on any atom is -0.444 e. The van der Waals surface area contributed by atoms with Crippen LogP contribution in [0.1, 0.15) is 49.7 Å². The van der Waals surface area contributed by atoms with Gasteiger partial charge in [-0.05, 0) is 51.5 Å². The van der Waals surface area contributed by atoms with Gasteiger partial charge in [0.2, 0.25) is 11.8 Å². The highest BCUT2D eigenvalue weighted by molar-refractivity contribution is 7.12. The van der Waals surface area contributed by atoms with Gasteiger partial charge in [-0.25, -0.2) is 4.79 Å². The van der Waals surface area contributed by atoms with E-state index < -0.39 is 35.7 Å². The number of nitriles is 1. The van der Waals surface area contributed by atoms with Gasteiger partial charge in [0.15, 0.2) is 0 Å². The monoisotopic (exact) mass is 487 g/mol. The van der Waals surface area contributed by atoms with E-state index in [1.807, 2.05) is 5.38 Å². The summed E-state index contributed by atoms with van der Waals surface area (Å²) in [6, 6.07) is 3.27. The van der Waals surface area contributed by atoms with Crippen LogP contribution in [-0.2, 0) is 14.3 Å². The maximum absolute atomic E-state index is 13.3. The standard InChI is InChI=1S/C23H29N5O5S/c1-23(2,3)33-22(32)25-16(19(29)26-8-4-6-14(26)11-24)13-27-15-10-17(20(27)30)28(12-15)21(31)18-7-5-9-34-18/h5,7,9,14-17H,4,6,8,10,12-13H2,1-3H3,(H,25,32)/t14-,15-,16-,17-/m0/s1. The van der Waals surface area contributed by atoms with Crippen molar-refractivity contribution < 1.29 is 23.9 Å². The summed E-state index contributed by atoms with van der Waals surface area (Å²) < 4.78 is 5.34. The van der Waals surface area contributed by atoms with Gasteiger partial charge >= 0.3 is 6.09 Å². The molecule has 11 heteroatoms. The van der Waals surface area contributed by atoms with Crippen molar-refractivity contribution in [3.05, 3.63) is 22.4 Å². The van der Waals surface area contributed by atoms with Crippen molar-refractivity contribution in [2.45, 2.75) is 69.8 Å². The Balaban J connectivity index is 1.49. The number of thiophene rings is 1. The van der Waals surface area contributed by atoms with E-state index in [-0.39, 0.29) is 24.4 Å². The van der Waals surface area contributed by atoms with Crippen LogP contribution in [0.25, 0.3) is 0 Å². The molecule has 0 aliphatic carbocycles. The van der Waals surface area contributed by atoms with Gasteiger partial charge in [0.05, 0.1) is 23.5 Å². The number of hydrogen-bond acceptors (Lipinski definition) is 7. The summed E-state index contributed by atoms with van der Waals surface area (Å²) in [5.41, 5.74) is -0.758. The smallest absolute Gasteiger partial charge is 0.408 e. The first kappa shape index (κ1) is 24.0. The molecule has 4 amide bonds. The van der Waals surface area contributed by atoms with E-state index in [1.54, 1.807) is 42.7 Å². The minimum absolute atomic E-state index is 0.0340. The summed E-state index contributed by atoms with van der Waals surface area (Å²) in [6.07, 6.45) is 1.02. The van der Waals surface area contributed by atoms with E-state index in [9.17, 15) is 24.4 Å². The van der Waals surface area contributed by atoms with Crippen LogP contribution < -0.4 is 5.32 Å². The van der Waals surface area contributed by atoms with Crippen molar-refractivity contribution in [2.75, 3.05) is 19.6 Å². The van der Waals surface area contributed by atoms with E-state index in [0.29, 0.717) is 37.2 Å². The van der Waals surface area contributed by atoms with Crippen molar-refractivity contribution >= 4 is 35.2 Å². The predicted octanol–water partition coefficient (Wildman–Crippen LogP) is 1.58. The summed E-state index contributed by atoms with van der Waals surface area (Å²) in [5.74, 6) is -0.802. The molecule has 0 aromatic carbocycles. The fraction of sp³-hybridized carbons (Fsp3) is 0.609. The first-order chi connectivity index (χ1) is 16.1. The molecule has 1 N–H and O–H groups in total. The van der Waals surface area contributed by atoms with Gasteiger partial charge in [-0.3, -0.25) is 14.4 Å². The molecule has 3 aliphatic heterocycles. The molecule has 0 spiro atoms. The molecule has 3 fully saturated rings. The normalized spacial score (nSPS) is 24.8. The van der Waals surface area contributed by atoms with Crippen LogP contribution in [0.2, 0.25) is 0 Å². The number of nitrogens with one attached hydrogen (secondary N) is 1. The molecule has 1 aromatic rings. The van der Waals surface area contributed by atoms with Crippen molar-refractivity contribution in [1.82, 2.24) is 20.0 Å². The zero-order chi connectivity index (χ0) is 24.6. The Labute approximate surface area is 202 Å². The summed E-state index contributed by atoms with van der Waals surface area (Å²) in [4.78, 5) is 57.1. The fourth-order valence-electron chi connectivity index (χ4n) is 4.85. The molecule has 0 unspecified atom stereocenters. The Morgan fingerprint density at radius 3 is 2.71 bits per heavy atom. The highest BCUT2D eigenvalue weighted by atomic mass is 32.1. The molecule has 3 saturated heterocycles. The highest BCUT2D eigenvalue weighted by Gasteiger charge is 2.52. The second kappa shape index (κ2) is 9.25. The van der Waals surface area contributed by atoms with E-state index in [2.05, 4.69) is 11.4 Å². The number of piperazine rings is 1. The molecule has 1 aromatic heterocycles. The number of carbonyl (C=O) groups excluding carboxylic acids is 4. The van der Waals surface area contributed by atoms with Gasteiger partial charge in [-0.1, -0.05) is 6.07 Å². The number of carbonyl (C=O) groups is 4. The summed E-state index contributed by atoms with van der Waals surface area (Å²) in [5, 5.41) is 13.9. The Morgan fingerprint density at radius 2 is 2.09 bits per heavy atom. The lowest BCUT2D eigenvalue weighted by Crippen LogP contribution is -2.59. The SMILES string of the molecule is CC(C)(C)OC(=O)N[C@@H](CN1C(=O)[C@@H]2C[C@H]1CN2C(=O)c1cccs1)C(=O)N1CCC[C@H]1C#N. The number of likely N-dealkylation sites (tertiary alicyclic amines) is 3. The maximum Gasteiger partial charge on any atom is 0.408 e. The third-order valence-electron chi connectivity index (χ3n) is 6.33. The molecule has 2 bridgehead atoms. The van der Waals surface area contributed by atoms with Crippen LogP contribution in [0.15, 0.2) is 17.5 Å². The molecule has 0 saturated carbocycles. The van der Waals surface area contributed by atoms with Crippen LogP contribution >= 0.6 is 11.3 Å². The Hall–Kier alpha value is -3.13. The van der Waals surface area contributed by atoms with E-state index in [0.717, 1.165) is 0 Å². The highest BCUT2D eigenvalue weighted by Crippen LogP contribution is 2.34. The number of ether oxygens (including phenoxy) is 1. The molecule has 0 radical (unpaired) electrons. The zero-order valence-electron chi connectivity index (χ0n) is 19.5. The molecule has 4 atom stereocenters. The van der Waals surface area contributed by atoms with Gasteiger partial charge in [0.25, 0.3) is 5.91 Å². The second-order valence-corrected chi connectivity index (χ2v) is 10.8. The molecule has 4 heterocycles. The number of amides is 4.